The van der Waals surface area contributed by atoms with Crippen molar-refractivity contribution in [1.82, 2.24) is 9.78 Å². The van der Waals surface area contributed by atoms with Crippen LogP contribution >= 0.6 is 0 Å². The second-order valence-corrected chi connectivity index (χ2v) is 7.12. The maximum atomic E-state index is 14.0. The lowest BCUT2D eigenvalue weighted by molar-refractivity contribution is 0.0995. The number of aromatic nitrogens is 2. The molecule has 4 aromatic rings. The Bertz CT molecular complexity index is 1330. The maximum Gasteiger partial charge on any atom is 0.276 e. The molecule has 0 radical (unpaired) electrons. The third kappa shape index (κ3) is 4.57. The van der Waals surface area contributed by atoms with Crippen molar-refractivity contribution in [2.45, 2.75) is 6.92 Å². The Balaban J connectivity index is 1.50. The van der Waals surface area contributed by atoms with Crippen LogP contribution in [0.15, 0.2) is 72.9 Å². The smallest absolute Gasteiger partial charge is 0.276 e. The number of primary amides is 1. The van der Waals surface area contributed by atoms with Gasteiger partial charge in [-0.15, -0.1) is 0 Å². The number of carbonyl (C=O) groups is 2. The van der Waals surface area contributed by atoms with E-state index in [1.807, 2.05) is 0 Å². The highest BCUT2D eigenvalue weighted by Crippen LogP contribution is 2.26. The monoisotopic (exact) mass is 448 g/mol. The lowest BCUT2D eigenvalue weighted by atomic mass is 10.2. The molecule has 0 aliphatic carbocycles. The quantitative estimate of drug-likeness (QED) is 0.450. The van der Waals surface area contributed by atoms with Gasteiger partial charge in [0.2, 0.25) is 0 Å². The number of ether oxygens (including phenoxy) is 1. The minimum atomic E-state index is -0.794. The highest BCUT2D eigenvalue weighted by Gasteiger charge is 2.19. The molecule has 0 saturated carbocycles. The molecule has 1 heterocycles. The molecular formula is C24H18F2N4O3. The summed E-state index contributed by atoms with van der Waals surface area (Å²) in [7, 11) is 0. The largest absolute Gasteiger partial charge is 0.457 e. The average molecular weight is 448 g/mol. The van der Waals surface area contributed by atoms with Crippen molar-refractivity contribution in [2.24, 2.45) is 5.73 Å². The first-order valence-electron chi connectivity index (χ1n) is 9.82. The Hall–Kier alpha value is -4.53. The number of aryl methyl sites for hydroxylation is 1. The number of para-hydroxylation sites is 2. The van der Waals surface area contributed by atoms with E-state index < -0.39 is 23.4 Å². The lowest BCUT2D eigenvalue weighted by Crippen LogP contribution is -2.14. The molecule has 7 nitrogen and oxygen atoms in total. The number of amides is 2. The third-order valence-corrected chi connectivity index (χ3v) is 4.77. The highest BCUT2D eigenvalue weighted by molar-refractivity contribution is 6.03. The summed E-state index contributed by atoms with van der Waals surface area (Å²) in [6, 6.07) is 16.4. The minimum Gasteiger partial charge on any atom is -0.457 e. The van der Waals surface area contributed by atoms with Gasteiger partial charge in [-0.25, -0.2) is 13.5 Å². The van der Waals surface area contributed by atoms with Crippen LogP contribution in [0, 0.1) is 18.6 Å². The van der Waals surface area contributed by atoms with Gasteiger partial charge in [0.15, 0.2) is 17.3 Å². The molecule has 0 saturated heterocycles. The van der Waals surface area contributed by atoms with Crippen LogP contribution < -0.4 is 15.8 Å². The van der Waals surface area contributed by atoms with Crippen molar-refractivity contribution in [1.29, 1.82) is 0 Å². The second-order valence-electron chi connectivity index (χ2n) is 7.12. The predicted molar refractivity (Wildman–Crippen MR) is 118 cm³/mol. The number of hydrogen-bond acceptors (Lipinski definition) is 4. The molecule has 0 unspecified atom stereocenters. The first-order valence-corrected chi connectivity index (χ1v) is 9.82. The summed E-state index contributed by atoms with van der Waals surface area (Å²) >= 11 is 0. The van der Waals surface area contributed by atoms with E-state index in [2.05, 4.69) is 10.4 Å². The summed E-state index contributed by atoms with van der Waals surface area (Å²) < 4.78 is 34.8. The van der Waals surface area contributed by atoms with Crippen LogP contribution in [0.1, 0.15) is 26.4 Å². The van der Waals surface area contributed by atoms with Crippen LogP contribution in [0.2, 0.25) is 0 Å². The fraction of sp³-hybridized carbons (Fsp3) is 0.0417. The topological polar surface area (TPSA) is 99.2 Å². The first kappa shape index (κ1) is 21.7. The van der Waals surface area contributed by atoms with Crippen LogP contribution in [0.4, 0.5) is 14.5 Å². The molecule has 3 aromatic carbocycles. The molecule has 3 N–H and O–H groups in total. The van der Waals surface area contributed by atoms with Crippen molar-refractivity contribution in [2.75, 3.05) is 5.32 Å². The third-order valence-electron chi connectivity index (χ3n) is 4.77. The van der Waals surface area contributed by atoms with Crippen molar-refractivity contribution >= 4 is 17.5 Å². The van der Waals surface area contributed by atoms with E-state index in [1.165, 1.54) is 12.3 Å². The van der Waals surface area contributed by atoms with Gasteiger partial charge in [0.05, 0.1) is 5.56 Å². The molecule has 0 aliphatic heterocycles. The fourth-order valence-corrected chi connectivity index (χ4v) is 3.19. The van der Waals surface area contributed by atoms with Gasteiger partial charge in [0.25, 0.3) is 11.8 Å². The van der Waals surface area contributed by atoms with Crippen LogP contribution in [-0.4, -0.2) is 21.6 Å². The van der Waals surface area contributed by atoms with E-state index in [4.69, 9.17) is 10.5 Å². The van der Waals surface area contributed by atoms with Gasteiger partial charge in [0, 0.05) is 17.4 Å². The Morgan fingerprint density at radius 2 is 1.64 bits per heavy atom. The Morgan fingerprint density at radius 1 is 0.970 bits per heavy atom. The van der Waals surface area contributed by atoms with Crippen molar-refractivity contribution in [3.8, 4) is 17.2 Å². The van der Waals surface area contributed by atoms with E-state index in [1.54, 1.807) is 55.5 Å². The van der Waals surface area contributed by atoms with Crippen molar-refractivity contribution in [3.63, 3.8) is 0 Å². The van der Waals surface area contributed by atoms with Gasteiger partial charge >= 0.3 is 0 Å². The fourth-order valence-electron chi connectivity index (χ4n) is 3.19. The number of rotatable bonds is 6. The Morgan fingerprint density at radius 3 is 2.30 bits per heavy atom. The van der Waals surface area contributed by atoms with Gasteiger partial charge in [0.1, 0.15) is 17.2 Å². The Kier molecular flexibility index (Phi) is 5.86. The molecule has 0 bridgehead atoms. The lowest BCUT2D eigenvalue weighted by Gasteiger charge is -2.10. The molecule has 0 spiro atoms. The summed E-state index contributed by atoms with van der Waals surface area (Å²) in [4.78, 5) is 24.2. The van der Waals surface area contributed by atoms with E-state index in [0.29, 0.717) is 22.7 Å². The first-order chi connectivity index (χ1) is 15.8. The normalized spacial score (nSPS) is 10.6. The van der Waals surface area contributed by atoms with Crippen molar-refractivity contribution in [3.05, 3.63) is 101 Å². The van der Waals surface area contributed by atoms with Gasteiger partial charge < -0.3 is 15.8 Å². The average Bonchev–Trinajstić information content (AvgIpc) is 3.16. The number of hydrogen-bond donors (Lipinski definition) is 2. The summed E-state index contributed by atoms with van der Waals surface area (Å²) in [6.07, 6.45) is 1.38. The molecule has 1 aromatic heterocycles. The number of nitrogens with two attached hydrogens (primary N) is 1. The molecule has 9 heteroatoms. The molecule has 0 atom stereocenters. The maximum absolute atomic E-state index is 14.0. The van der Waals surface area contributed by atoms with E-state index in [-0.39, 0.29) is 16.9 Å². The van der Waals surface area contributed by atoms with Gasteiger partial charge in [-0.3, -0.25) is 9.59 Å². The summed E-state index contributed by atoms with van der Waals surface area (Å²) in [5.74, 6) is -2.01. The van der Waals surface area contributed by atoms with Crippen LogP contribution in [-0.2, 0) is 0 Å². The number of anilines is 1. The second kappa shape index (κ2) is 8.91. The van der Waals surface area contributed by atoms with E-state index >= 15 is 0 Å². The van der Waals surface area contributed by atoms with Crippen LogP contribution in [0.5, 0.6) is 11.5 Å². The molecule has 0 aliphatic rings. The minimum absolute atomic E-state index is 0.0216. The summed E-state index contributed by atoms with van der Waals surface area (Å²) in [5.41, 5.74) is 6.14. The molecule has 2 amide bonds. The number of carbonyl (C=O) groups excluding carboxylic acids is 2. The number of nitrogens with zero attached hydrogens (tertiary/aromatic N) is 2. The zero-order chi connectivity index (χ0) is 23.5. The van der Waals surface area contributed by atoms with Crippen LogP contribution in [0.25, 0.3) is 5.69 Å². The van der Waals surface area contributed by atoms with E-state index in [0.717, 1.165) is 16.8 Å². The SMILES string of the molecule is Cc1cn(-c2c(F)cccc2F)nc1C(=O)Nc1ccc(Oc2ccccc2C(N)=O)cc1. The number of nitrogens with one attached hydrogen (secondary N) is 1. The summed E-state index contributed by atoms with van der Waals surface area (Å²) in [5, 5.41) is 6.74. The predicted octanol–water partition coefficient (Wildman–Crippen LogP) is 4.60. The van der Waals surface area contributed by atoms with Gasteiger partial charge in [-0.2, -0.15) is 5.10 Å². The molecule has 166 valence electrons. The van der Waals surface area contributed by atoms with Gasteiger partial charge in [-0.1, -0.05) is 18.2 Å². The Labute approximate surface area is 187 Å². The number of benzene rings is 3. The van der Waals surface area contributed by atoms with Gasteiger partial charge in [-0.05, 0) is 55.5 Å². The molecule has 4 rings (SSSR count). The van der Waals surface area contributed by atoms with Crippen molar-refractivity contribution < 1.29 is 23.1 Å². The number of halogens is 2. The molecule has 0 fully saturated rings. The zero-order valence-electron chi connectivity index (χ0n) is 17.4. The molecular weight excluding hydrogens is 430 g/mol. The summed E-state index contributed by atoms with van der Waals surface area (Å²) in [6.45, 7) is 1.62. The molecule has 33 heavy (non-hydrogen) atoms. The van der Waals surface area contributed by atoms with E-state index in [9.17, 15) is 18.4 Å². The van der Waals surface area contributed by atoms with Crippen LogP contribution in [0.3, 0.4) is 0 Å². The zero-order valence-corrected chi connectivity index (χ0v) is 17.4. The highest BCUT2D eigenvalue weighted by atomic mass is 19.1. The standard InChI is InChI=1S/C24H18F2N4O3/c1-14-13-30(22-18(25)6-4-7-19(22)26)29-21(14)24(32)28-15-9-11-16(12-10-15)33-20-8-3-2-5-17(20)23(27)31/h2-13H,1H3,(H2,27,31)(H,28,32).